The Bertz CT molecular complexity index is 920. The molecule has 0 amide bonds. The number of para-hydroxylation sites is 1. The van der Waals surface area contributed by atoms with Gasteiger partial charge in [0.15, 0.2) is 5.57 Å². The van der Waals surface area contributed by atoms with Crippen LogP contribution in [-0.4, -0.2) is 38.1 Å². The van der Waals surface area contributed by atoms with Gasteiger partial charge in [0.1, 0.15) is 17.3 Å². The van der Waals surface area contributed by atoms with Gasteiger partial charge in [0.2, 0.25) is 5.88 Å². The summed E-state index contributed by atoms with van der Waals surface area (Å²) in [7, 11) is 4.74. The fourth-order valence-electron chi connectivity index (χ4n) is 2.39. The molecule has 0 radical (unpaired) electrons. The number of aliphatic imine (C=N–C) groups is 1. The Kier molecular flexibility index (Phi) is 7.03. The third kappa shape index (κ3) is 5.84. The number of rotatable bonds is 7. The predicted octanol–water partition coefficient (Wildman–Crippen LogP) is 4.97. The number of alkyl halides is 3. The first-order valence-corrected chi connectivity index (χ1v) is 8.60. The molecule has 0 spiro atoms. The lowest BCUT2D eigenvalue weighted by atomic mass is 10.1. The first-order valence-electron chi connectivity index (χ1n) is 8.60. The lowest BCUT2D eigenvalue weighted by molar-refractivity contribution is -0.0952. The van der Waals surface area contributed by atoms with Gasteiger partial charge in [-0.05, 0) is 31.2 Å². The summed E-state index contributed by atoms with van der Waals surface area (Å²) in [6.07, 6.45) is -3.23. The zero-order valence-electron chi connectivity index (χ0n) is 16.6. The number of hydrogen-bond acceptors (Lipinski definition) is 5. The number of pyridine rings is 1. The molecule has 29 heavy (non-hydrogen) atoms. The average molecular weight is 405 g/mol. The van der Waals surface area contributed by atoms with Crippen molar-refractivity contribution in [2.75, 3.05) is 26.1 Å². The van der Waals surface area contributed by atoms with Gasteiger partial charge < -0.3 is 14.4 Å². The van der Waals surface area contributed by atoms with Crippen LogP contribution in [0.25, 0.3) is 0 Å². The van der Waals surface area contributed by atoms with Crippen LogP contribution in [-0.2, 0) is 4.74 Å². The van der Waals surface area contributed by atoms with Crippen molar-refractivity contribution in [1.82, 2.24) is 4.98 Å². The Morgan fingerprint density at radius 1 is 1.14 bits per heavy atom. The highest BCUT2D eigenvalue weighted by molar-refractivity contribution is 5.99. The third-order valence-corrected chi connectivity index (χ3v) is 3.84. The normalized spacial score (nSPS) is 12.9. The fraction of sp³-hybridized carbons (Fsp3) is 0.238. The first kappa shape index (κ1) is 22.0. The van der Waals surface area contributed by atoms with Gasteiger partial charge in [0.05, 0.1) is 7.11 Å². The Morgan fingerprint density at radius 3 is 2.34 bits per heavy atom. The van der Waals surface area contributed by atoms with Crippen molar-refractivity contribution in [3.05, 3.63) is 78.0 Å². The van der Waals surface area contributed by atoms with E-state index in [4.69, 9.17) is 9.47 Å². The highest BCUT2D eigenvalue weighted by Crippen LogP contribution is 2.35. The van der Waals surface area contributed by atoms with E-state index < -0.39 is 23.4 Å². The van der Waals surface area contributed by atoms with Gasteiger partial charge in [-0.25, -0.2) is 9.98 Å². The van der Waals surface area contributed by atoms with Gasteiger partial charge in [-0.3, -0.25) is 0 Å². The molecule has 0 aliphatic carbocycles. The molecule has 0 bridgehead atoms. The molecule has 0 aliphatic rings. The highest BCUT2D eigenvalue weighted by Gasteiger charge is 2.41. The minimum Gasteiger partial charge on any atom is -0.480 e. The van der Waals surface area contributed by atoms with Crippen molar-refractivity contribution < 1.29 is 22.6 Å². The second-order valence-corrected chi connectivity index (χ2v) is 6.21. The molecule has 0 unspecified atom stereocenters. The molecule has 1 aromatic heterocycles. The predicted molar refractivity (Wildman–Crippen MR) is 107 cm³/mol. The van der Waals surface area contributed by atoms with E-state index >= 15 is 0 Å². The number of ether oxygens (including phenoxy) is 2. The summed E-state index contributed by atoms with van der Waals surface area (Å²) in [5.74, 6) is -0.381. The summed E-state index contributed by atoms with van der Waals surface area (Å²) in [4.78, 5) is 10.0. The van der Waals surface area contributed by atoms with Crippen LogP contribution < -0.4 is 9.64 Å². The summed E-state index contributed by atoms with van der Waals surface area (Å²) in [5.41, 5.74) is -0.263. The Balaban J connectivity index is 2.48. The van der Waals surface area contributed by atoms with Gasteiger partial charge >= 0.3 is 6.18 Å². The monoisotopic (exact) mass is 405 g/mol. The minimum atomic E-state index is -4.78. The number of anilines is 1. The molecule has 154 valence electrons. The molecule has 2 aromatic rings. The number of allylic oxidation sites excluding steroid dienone is 1. The van der Waals surface area contributed by atoms with Crippen molar-refractivity contribution in [3.63, 3.8) is 0 Å². The zero-order valence-corrected chi connectivity index (χ0v) is 16.6. The smallest absolute Gasteiger partial charge is 0.425 e. The second-order valence-electron chi connectivity index (χ2n) is 6.21. The average Bonchev–Trinajstić information content (AvgIpc) is 2.67. The molecule has 0 aliphatic heterocycles. The quantitative estimate of drug-likeness (QED) is 0.371. The van der Waals surface area contributed by atoms with Crippen molar-refractivity contribution in [3.8, 4) is 5.75 Å². The van der Waals surface area contributed by atoms with Crippen molar-refractivity contribution >= 4 is 11.5 Å². The SMILES string of the molecule is C=C(Oc1ccccc1)/C(=C(\N=C(/C)c1ccnc(N(C)C)c1)OC)C(F)(F)F. The molecule has 0 N–H and O–H groups in total. The minimum absolute atomic E-state index is 0.222. The molecule has 8 heteroatoms. The molecule has 0 saturated heterocycles. The summed E-state index contributed by atoms with van der Waals surface area (Å²) >= 11 is 0. The summed E-state index contributed by atoms with van der Waals surface area (Å²) in [6.45, 7) is 5.02. The highest BCUT2D eigenvalue weighted by atomic mass is 19.4. The molecule has 0 atom stereocenters. The number of aromatic nitrogens is 1. The second kappa shape index (κ2) is 9.27. The van der Waals surface area contributed by atoms with Crippen LogP contribution in [0.15, 0.2) is 77.4 Å². The van der Waals surface area contributed by atoms with E-state index in [1.807, 2.05) is 14.1 Å². The van der Waals surface area contributed by atoms with E-state index in [9.17, 15) is 13.2 Å². The number of hydrogen-bond donors (Lipinski definition) is 0. The number of nitrogens with zero attached hydrogens (tertiary/aromatic N) is 3. The number of halogens is 3. The molecule has 5 nitrogen and oxygen atoms in total. The van der Waals surface area contributed by atoms with Gasteiger partial charge in [0, 0.05) is 31.6 Å². The number of methoxy groups -OCH3 is 1. The van der Waals surface area contributed by atoms with Gasteiger partial charge in [-0.2, -0.15) is 13.2 Å². The number of benzene rings is 1. The van der Waals surface area contributed by atoms with Crippen LogP contribution in [0.1, 0.15) is 12.5 Å². The van der Waals surface area contributed by atoms with E-state index in [1.54, 1.807) is 48.4 Å². The molecular formula is C21H22F3N3O2. The lowest BCUT2D eigenvalue weighted by Crippen LogP contribution is -2.19. The van der Waals surface area contributed by atoms with E-state index in [1.165, 1.54) is 12.1 Å². The topological polar surface area (TPSA) is 47.0 Å². The molecule has 2 rings (SSSR count). The van der Waals surface area contributed by atoms with Crippen LogP contribution >= 0.6 is 0 Å². The standard InChI is InChI=1S/C21H22F3N3O2/c1-14(16-11-12-25-18(13-16)27(3)4)26-20(28-5)19(21(22,23)24)15(2)29-17-9-7-6-8-10-17/h6-13H,2H2,1,3-5H3/b20-19-,26-14+. The summed E-state index contributed by atoms with van der Waals surface area (Å²) in [5, 5.41) is 0. The van der Waals surface area contributed by atoms with Crippen LogP contribution in [0.4, 0.5) is 19.0 Å². The van der Waals surface area contributed by atoms with E-state index in [2.05, 4.69) is 16.6 Å². The van der Waals surface area contributed by atoms with E-state index in [-0.39, 0.29) is 5.75 Å². The Morgan fingerprint density at radius 2 is 1.79 bits per heavy atom. The van der Waals surface area contributed by atoms with E-state index in [0.29, 0.717) is 17.1 Å². The van der Waals surface area contributed by atoms with Crippen molar-refractivity contribution in [2.24, 2.45) is 4.99 Å². The zero-order chi connectivity index (χ0) is 21.6. The lowest BCUT2D eigenvalue weighted by Gasteiger charge is -2.17. The third-order valence-electron chi connectivity index (χ3n) is 3.84. The van der Waals surface area contributed by atoms with Crippen LogP contribution in [0, 0.1) is 0 Å². The molecule has 0 saturated carbocycles. The summed E-state index contributed by atoms with van der Waals surface area (Å²) < 4.78 is 51.6. The molecular weight excluding hydrogens is 383 g/mol. The maximum Gasteiger partial charge on any atom is 0.425 e. The van der Waals surface area contributed by atoms with Crippen LogP contribution in [0.2, 0.25) is 0 Å². The molecule has 1 heterocycles. The van der Waals surface area contributed by atoms with E-state index in [0.717, 1.165) is 7.11 Å². The molecule has 1 aromatic carbocycles. The van der Waals surface area contributed by atoms with Crippen molar-refractivity contribution in [1.29, 1.82) is 0 Å². The summed E-state index contributed by atoms with van der Waals surface area (Å²) in [6, 6.07) is 11.4. The van der Waals surface area contributed by atoms with Crippen LogP contribution in [0.3, 0.4) is 0 Å². The largest absolute Gasteiger partial charge is 0.480 e. The maximum atomic E-state index is 13.8. The van der Waals surface area contributed by atoms with Gasteiger partial charge in [-0.1, -0.05) is 24.8 Å². The molecule has 0 fully saturated rings. The van der Waals surface area contributed by atoms with Gasteiger partial charge in [-0.15, -0.1) is 0 Å². The van der Waals surface area contributed by atoms with Crippen molar-refractivity contribution in [2.45, 2.75) is 13.1 Å². The fourth-order valence-corrected chi connectivity index (χ4v) is 2.39. The van der Waals surface area contributed by atoms with Crippen LogP contribution in [0.5, 0.6) is 5.75 Å². The van der Waals surface area contributed by atoms with Gasteiger partial charge in [0.25, 0.3) is 0 Å². The first-order chi connectivity index (χ1) is 13.6. The maximum absolute atomic E-state index is 13.8. The Hall–Kier alpha value is -3.29. The Labute approximate surface area is 167 Å².